The molecule has 3 unspecified atom stereocenters. The van der Waals surface area contributed by atoms with Gasteiger partial charge in [-0.25, -0.2) is 0 Å². The number of carbonyl (C=O) groups is 1. The van der Waals surface area contributed by atoms with Crippen LogP contribution in [0.2, 0.25) is 0 Å². The molecule has 0 spiro atoms. The first kappa shape index (κ1) is 14.4. The second kappa shape index (κ2) is 4.72. The normalized spacial score (nSPS) is 38.2. The van der Waals surface area contributed by atoms with E-state index in [1.54, 1.807) is 0 Å². The summed E-state index contributed by atoms with van der Waals surface area (Å²) in [6, 6.07) is 1.04. The third-order valence-corrected chi connectivity index (χ3v) is 6.38. The smallest absolute Gasteiger partial charge is 0.236 e. The molecule has 0 aromatic heterocycles. The first-order valence-corrected chi connectivity index (χ1v) is 8.41. The molecular formula is C17H30N2O. The summed E-state index contributed by atoms with van der Waals surface area (Å²) < 4.78 is 0. The number of rotatable bonds is 5. The number of nitrogens with one attached hydrogen (secondary N) is 1. The van der Waals surface area contributed by atoms with Gasteiger partial charge in [-0.05, 0) is 55.8 Å². The Morgan fingerprint density at radius 1 is 1.25 bits per heavy atom. The summed E-state index contributed by atoms with van der Waals surface area (Å²) in [5.41, 5.74) is 0.745. The molecule has 3 fully saturated rings. The maximum atomic E-state index is 12.4. The highest BCUT2D eigenvalue weighted by Gasteiger charge is 2.59. The number of fused-ring (bicyclic) bond motifs is 2. The van der Waals surface area contributed by atoms with Crippen molar-refractivity contribution in [2.24, 2.45) is 16.7 Å². The van der Waals surface area contributed by atoms with E-state index in [2.05, 4.69) is 37.9 Å². The Hall–Kier alpha value is -0.570. The molecule has 20 heavy (non-hydrogen) atoms. The summed E-state index contributed by atoms with van der Waals surface area (Å²) in [5, 5.41) is 3.65. The van der Waals surface area contributed by atoms with Gasteiger partial charge in [0.25, 0.3) is 0 Å². The van der Waals surface area contributed by atoms with Gasteiger partial charge in [0, 0.05) is 18.6 Å². The van der Waals surface area contributed by atoms with Crippen molar-refractivity contribution < 1.29 is 4.79 Å². The average Bonchev–Trinajstić information content (AvgIpc) is 3.08. The molecule has 114 valence electrons. The van der Waals surface area contributed by atoms with Crippen LogP contribution in [0.1, 0.15) is 59.8 Å². The average molecular weight is 278 g/mol. The summed E-state index contributed by atoms with van der Waals surface area (Å²) in [4.78, 5) is 14.5. The fourth-order valence-corrected chi connectivity index (χ4v) is 5.13. The zero-order chi connectivity index (χ0) is 14.5. The van der Waals surface area contributed by atoms with Gasteiger partial charge in [0.1, 0.15) is 0 Å². The molecule has 0 radical (unpaired) electrons. The van der Waals surface area contributed by atoms with Crippen LogP contribution in [-0.4, -0.2) is 36.0 Å². The van der Waals surface area contributed by atoms with Gasteiger partial charge < -0.3 is 10.2 Å². The minimum Gasteiger partial charge on any atom is -0.339 e. The van der Waals surface area contributed by atoms with Crippen molar-refractivity contribution in [2.75, 3.05) is 13.1 Å². The molecule has 3 heteroatoms. The maximum absolute atomic E-state index is 12.4. The Bertz CT molecular complexity index is 397. The van der Waals surface area contributed by atoms with Gasteiger partial charge in [0.2, 0.25) is 5.91 Å². The second-order valence-electron chi connectivity index (χ2n) is 8.14. The first-order valence-electron chi connectivity index (χ1n) is 8.41. The molecule has 3 aliphatic carbocycles. The molecule has 3 aliphatic rings. The Kier molecular flexibility index (Phi) is 3.39. The number of likely N-dealkylation sites (N-methyl/N-ethyl adjacent to an activating group) is 1. The largest absolute Gasteiger partial charge is 0.339 e. The molecule has 0 aromatic rings. The highest BCUT2D eigenvalue weighted by molar-refractivity contribution is 5.79. The summed E-state index contributed by atoms with van der Waals surface area (Å²) in [6.45, 7) is 10.7. The van der Waals surface area contributed by atoms with Crippen molar-refractivity contribution in [3.05, 3.63) is 0 Å². The van der Waals surface area contributed by atoms with Crippen LogP contribution < -0.4 is 5.32 Å². The number of hydrogen-bond donors (Lipinski definition) is 1. The third kappa shape index (κ3) is 2.18. The minimum absolute atomic E-state index is 0.303. The molecule has 0 saturated heterocycles. The highest BCUT2D eigenvalue weighted by atomic mass is 16.2. The molecular weight excluding hydrogens is 248 g/mol. The monoisotopic (exact) mass is 278 g/mol. The van der Waals surface area contributed by atoms with Crippen LogP contribution in [0.25, 0.3) is 0 Å². The van der Waals surface area contributed by atoms with E-state index in [0.29, 0.717) is 35.4 Å². The van der Waals surface area contributed by atoms with Gasteiger partial charge in [0.15, 0.2) is 0 Å². The molecule has 2 bridgehead atoms. The lowest BCUT2D eigenvalue weighted by atomic mass is 9.68. The number of hydrogen-bond acceptors (Lipinski definition) is 2. The van der Waals surface area contributed by atoms with E-state index in [1.165, 1.54) is 32.1 Å². The van der Waals surface area contributed by atoms with E-state index in [0.717, 1.165) is 12.5 Å². The zero-order valence-electron chi connectivity index (χ0n) is 13.5. The summed E-state index contributed by atoms with van der Waals surface area (Å²) in [5.74, 6) is 1.14. The predicted octanol–water partition coefficient (Wildman–Crippen LogP) is 2.80. The van der Waals surface area contributed by atoms with Gasteiger partial charge in [-0.3, -0.25) is 4.79 Å². The van der Waals surface area contributed by atoms with Crippen LogP contribution in [-0.2, 0) is 4.79 Å². The molecule has 3 nitrogen and oxygen atoms in total. The number of carbonyl (C=O) groups excluding carboxylic acids is 1. The topological polar surface area (TPSA) is 32.3 Å². The molecule has 0 aliphatic heterocycles. The van der Waals surface area contributed by atoms with Gasteiger partial charge in [-0.2, -0.15) is 0 Å². The number of amides is 1. The Labute approximate surface area is 123 Å². The van der Waals surface area contributed by atoms with Crippen molar-refractivity contribution >= 4 is 5.91 Å². The fraction of sp³-hybridized carbons (Fsp3) is 0.941. The van der Waals surface area contributed by atoms with Crippen LogP contribution in [0.4, 0.5) is 0 Å². The van der Waals surface area contributed by atoms with E-state index in [1.807, 2.05) is 0 Å². The summed E-state index contributed by atoms with van der Waals surface area (Å²) >= 11 is 0. The van der Waals surface area contributed by atoms with E-state index >= 15 is 0 Å². The van der Waals surface area contributed by atoms with E-state index in [9.17, 15) is 4.79 Å². The fourth-order valence-electron chi connectivity index (χ4n) is 5.13. The van der Waals surface area contributed by atoms with E-state index < -0.39 is 0 Å². The van der Waals surface area contributed by atoms with Crippen LogP contribution in [0, 0.1) is 16.7 Å². The lowest BCUT2D eigenvalue weighted by molar-refractivity contribution is -0.131. The van der Waals surface area contributed by atoms with Crippen LogP contribution in [0.3, 0.4) is 0 Å². The molecule has 1 amide bonds. The Balaban J connectivity index is 1.61. The summed E-state index contributed by atoms with van der Waals surface area (Å²) in [7, 11) is 0. The highest BCUT2D eigenvalue weighted by Crippen LogP contribution is 2.62. The van der Waals surface area contributed by atoms with Crippen molar-refractivity contribution in [1.82, 2.24) is 10.2 Å². The van der Waals surface area contributed by atoms with Crippen LogP contribution in [0.15, 0.2) is 0 Å². The van der Waals surface area contributed by atoms with Crippen molar-refractivity contribution in [3.8, 4) is 0 Å². The zero-order valence-corrected chi connectivity index (χ0v) is 13.5. The lowest BCUT2D eigenvalue weighted by Crippen LogP contribution is -2.53. The molecule has 1 N–H and O–H groups in total. The quantitative estimate of drug-likeness (QED) is 0.838. The third-order valence-electron chi connectivity index (χ3n) is 6.38. The van der Waals surface area contributed by atoms with Crippen LogP contribution >= 0.6 is 0 Å². The summed E-state index contributed by atoms with van der Waals surface area (Å²) in [6.07, 6.45) is 6.44. The lowest BCUT2D eigenvalue weighted by Gasteiger charge is -2.43. The van der Waals surface area contributed by atoms with Crippen molar-refractivity contribution in [2.45, 2.75) is 71.9 Å². The minimum atomic E-state index is 0.303. The molecule has 3 atom stereocenters. The SMILES string of the molecule is CCN(C(=O)CNC1C2(C)CCC(C2)C1(C)C)C1CC1. The Morgan fingerprint density at radius 3 is 2.45 bits per heavy atom. The number of nitrogens with zero attached hydrogens (tertiary/aromatic N) is 1. The van der Waals surface area contributed by atoms with Crippen molar-refractivity contribution in [1.29, 1.82) is 0 Å². The molecule has 0 heterocycles. The van der Waals surface area contributed by atoms with Gasteiger partial charge >= 0.3 is 0 Å². The molecule has 3 saturated carbocycles. The van der Waals surface area contributed by atoms with Gasteiger partial charge in [-0.15, -0.1) is 0 Å². The first-order chi connectivity index (χ1) is 9.38. The van der Waals surface area contributed by atoms with Crippen molar-refractivity contribution in [3.63, 3.8) is 0 Å². The van der Waals surface area contributed by atoms with Gasteiger partial charge in [0.05, 0.1) is 6.54 Å². The molecule has 0 aromatic carbocycles. The standard InChI is InChI=1S/C17H30N2O/c1-5-19(13-6-7-13)14(20)11-18-15-16(2,3)12-8-9-17(15,4)10-12/h12-13,15,18H,5-11H2,1-4H3. The molecule has 3 rings (SSSR count). The predicted molar refractivity (Wildman–Crippen MR) is 81.4 cm³/mol. The Morgan fingerprint density at radius 2 is 1.95 bits per heavy atom. The van der Waals surface area contributed by atoms with Crippen LogP contribution in [0.5, 0.6) is 0 Å². The maximum Gasteiger partial charge on any atom is 0.236 e. The van der Waals surface area contributed by atoms with E-state index in [-0.39, 0.29) is 0 Å². The van der Waals surface area contributed by atoms with Gasteiger partial charge in [-0.1, -0.05) is 20.8 Å². The second-order valence-corrected chi connectivity index (χ2v) is 8.14. The van der Waals surface area contributed by atoms with E-state index in [4.69, 9.17) is 0 Å².